The molecule has 4 N–H and O–H groups in total. The lowest BCUT2D eigenvalue weighted by atomic mass is 10.1. The molecule has 2 aromatic heterocycles. The molecule has 3 aromatic rings. The van der Waals surface area contributed by atoms with Crippen molar-refractivity contribution in [3.8, 4) is 17.1 Å². The molecule has 12 heteroatoms. The van der Waals surface area contributed by atoms with E-state index in [1.807, 2.05) is 4.90 Å². The molecule has 0 radical (unpaired) electrons. The second-order valence-electron chi connectivity index (χ2n) is 7.58. The zero-order valence-electron chi connectivity index (χ0n) is 18.6. The van der Waals surface area contributed by atoms with Crippen molar-refractivity contribution in [1.29, 1.82) is 0 Å². The van der Waals surface area contributed by atoms with Crippen LogP contribution in [0.2, 0.25) is 0 Å². The van der Waals surface area contributed by atoms with Crippen LogP contribution in [0, 0.1) is 11.7 Å². The standard InChI is InChI=1S/C22H23FN8O3/c1-25-21(33)12-6-7-31(11-12)22-28-10-15(18(24)32)20(30-22)29-16-5-3-4-14(17(16)34-2)19-26-8-13(23)9-27-19/h3-5,8-10,12H,6-7,11H2,1-2H3,(H2,24,32)(H,25,33)(H,28,29,30)/t12-/m0/s1. The Kier molecular flexibility index (Phi) is 6.48. The number of aromatic nitrogens is 4. The fraction of sp³-hybridized carbons (Fsp3) is 0.273. The quantitative estimate of drug-likeness (QED) is 0.471. The van der Waals surface area contributed by atoms with E-state index in [1.54, 1.807) is 25.2 Å². The van der Waals surface area contributed by atoms with Crippen LogP contribution in [-0.4, -0.2) is 59.0 Å². The summed E-state index contributed by atoms with van der Waals surface area (Å²) >= 11 is 0. The van der Waals surface area contributed by atoms with E-state index in [0.717, 1.165) is 12.4 Å². The van der Waals surface area contributed by atoms with Crippen molar-refractivity contribution in [3.05, 3.63) is 48.2 Å². The molecule has 1 atom stereocenters. The highest BCUT2D eigenvalue weighted by Gasteiger charge is 2.30. The van der Waals surface area contributed by atoms with Crippen LogP contribution >= 0.6 is 0 Å². The van der Waals surface area contributed by atoms with Crippen LogP contribution in [0.25, 0.3) is 11.4 Å². The Labute approximate surface area is 194 Å². The highest BCUT2D eigenvalue weighted by atomic mass is 19.1. The number of halogens is 1. The number of primary amides is 1. The lowest BCUT2D eigenvalue weighted by molar-refractivity contribution is -0.123. The molecular weight excluding hydrogens is 443 g/mol. The van der Waals surface area contributed by atoms with E-state index >= 15 is 0 Å². The van der Waals surface area contributed by atoms with Crippen LogP contribution in [-0.2, 0) is 4.79 Å². The van der Waals surface area contributed by atoms with E-state index in [-0.39, 0.29) is 29.0 Å². The molecule has 4 rings (SSSR count). The largest absolute Gasteiger partial charge is 0.494 e. The maximum absolute atomic E-state index is 13.3. The summed E-state index contributed by atoms with van der Waals surface area (Å²) in [6, 6.07) is 5.17. The third-order valence-corrected chi connectivity index (χ3v) is 5.46. The number of carbonyl (C=O) groups excluding carboxylic acids is 2. The van der Waals surface area contributed by atoms with Gasteiger partial charge in [0, 0.05) is 26.3 Å². The van der Waals surface area contributed by atoms with Crippen molar-refractivity contribution in [2.75, 3.05) is 37.5 Å². The van der Waals surface area contributed by atoms with Crippen molar-refractivity contribution < 1.29 is 18.7 Å². The first-order valence-corrected chi connectivity index (χ1v) is 10.5. The number of amides is 2. The minimum absolute atomic E-state index is 0.0424. The summed E-state index contributed by atoms with van der Waals surface area (Å²) in [5.74, 6) is -0.323. The summed E-state index contributed by atoms with van der Waals surface area (Å²) in [5, 5.41) is 5.75. The number of rotatable bonds is 7. The lowest BCUT2D eigenvalue weighted by Gasteiger charge is -2.19. The van der Waals surface area contributed by atoms with Gasteiger partial charge in [0.1, 0.15) is 11.4 Å². The van der Waals surface area contributed by atoms with Crippen LogP contribution in [0.1, 0.15) is 16.8 Å². The third kappa shape index (κ3) is 4.56. The molecule has 0 unspecified atom stereocenters. The zero-order valence-corrected chi connectivity index (χ0v) is 18.6. The fourth-order valence-corrected chi connectivity index (χ4v) is 3.77. The van der Waals surface area contributed by atoms with Gasteiger partial charge in [-0.3, -0.25) is 9.59 Å². The Morgan fingerprint density at radius 2 is 1.97 bits per heavy atom. The normalized spacial score (nSPS) is 15.1. The van der Waals surface area contributed by atoms with Crippen LogP contribution < -0.4 is 26.0 Å². The molecule has 1 fully saturated rings. The molecule has 34 heavy (non-hydrogen) atoms. The second kappa shape index (κ2) is 9.65. The molecule has 1 saturated heterocycles. The fourth-order valence-electron chi connectivity index (χ4n) is 3.77. The van der Waals surface area contributed by atoms with Crippen molar-refractivity contribution in [2.45, 2.75) is 6.42 Å². The van der Waals surface area contributed by atoms with Gasteiger partial charge in [0.25, 0.3) is 5.91 Å². The van der Waals surface area contributed by atoms with Crippen LogP contribution in [0.3, 0.4) is 0 Å². The van der Waals surface area contributed by atoms with Gasteiger partial charge in [-0.2, -0.15) is 4.98 Å². The maximum Gasteiger partial charge on any atom is 0.254 e. The monoisotopic (exact) mass is 466 g/mol. The molecule has 176 valence electrons. The van der Waals surface area contributed by atoms with Crippen molar-refractivity contribution >= 4 is 29.3 Å². The van der Waals surface area contributed by atoms with E-state index < -0.39 is 11.7 Å². The summed E-state index contributed by atoms with van der Waals surface area (Å²) in [4.78, 5) is 42.7. The summed E-state index contributed by atoms with van der Waals surface area (Å²) in [5.41, 5.74) is 6.60. The van der Waals surface area contributed by atoms with E-state index in [9.17, 15) is 14.0 Å². The van der Waals surface area contributed by atoms with Crippen LogP contribution in [0.15, 0.2) is 36.8 Å². The Hall–Kier alpha value is -4.35. The average molecular weight is 466 g/mol. The van der Waals surface area contributed by atoms with Gasteiger partial charge < -0.3 is 26.0 Å². The molecule has 0 spiro atoms. The van der Waals surface area contributed by atoms with Gasteiger partial charge >= 0.3 is 0 Å². The number of methoxy groups -OCH3 is 1. The Morgan fingerprint density at radius 1 is 1.21 bits per heavy atom. The molecule has 1 aromatic carbocycles. The van der Waals surface area contributed by atoms with E-state index in [0.29, 0.717) is 42.5 Å². The molecule has 1 aliphatic rings. The zero-order chi connectivity index (χ0) is 24.2. The number of nitrogens with one attached hydrogen (secondary N) is 2. The lowest BCUT2D eigenvalue weighted by Crippen LogP contribution is -2.30. The number of hydrogen-bond acceptors (Lipinski definition) is 9. The molecular formula is C22H23FN8O3. The summed E-state index contributed by atoms with van der Waals surface area (Å²) < 4.78 is 18.8. The Bertz CT molecular complexity index is 1220. The van der Waals surface area contributed by atoms with Gasteiger partial charge in [0.05, 0.1) is 36.7 Å². The van der Waals surface area contributed by atoms with Crippen molar-refractivity contribution in [3.63, 3.8) is 0 Å². The van der Waals surface area contributed by atoms with Gasteiger partial charge in [0.2, 0.25) is 11.9 Å². The first-order chi connectivity index (χ1) is 16.4. The average Bonchev–Trinajstić information content (AvgIpc) is 3.34. The first-order valence-electron chi connectivity index (χ1n) is 10.5. The molecule has 11 nitrogen and oxygen atoms in total. The molecule has 0 bridgehead atoms. The topological polar surface area (TPSA) is 148 Å². The molecule has 1 aliphatic heterocycles. The predicted octanol–water partition coefficient (Wildman–Crippen LogP) is 1.50. The second-order valence-corrected chi connectivity index (χ2v) is 7.58. The van der Waals surface area contributed by atoms with Crippen LogP contribution in [0.4, 0.5) is 21.8 Å². The number of nitrogens with zero attached hydrogens (tertiary/aromatic N) is 5. The van der Waals surface area contributed by atoms with E-state index in [2.05, 4.69) is 30.6 Å². The number of benzene rings is 1. The number of para-hydroxylation sites is 1. The summed E-state index contributed by atoms with van der Waals surface area (Å²) in [6.45, 7) is 1.05. The molecule has 0 aliphatic carbocycles. The minimum atomic E-state index is -0.712. The minimum Gasteiger partial charge on any atom is -0.494 e. The third-order valence-electron chi connectivity index (χ3n) is 5.46. The Morgan fingerprint density at radius 3 is 2.65 bits per heavy atom. The summed E-state index contributed by atoms with van der Waals surface area (Å²) in [6.07, 6.45) is 4.13. The van der Waals surface area contributed by atoms with Crippen molar-refractivity contribution in [2.24, 2.45) is 11.7 Å². The maximum atomic E-state index is 13.3. The molecule has 2 amide bonds. The number of carbonyl (C=O) groups is 2. The SMILES string of the molecule is CNC(=O)[C@H]1CCN(c2ncc(C(N)=O)c(Nc3cccc(-c4ncc(F)cn4)c3OC)n2)C1. The van der Waals surface area contributed by atoms with Crippen molar-refractivity contribution in [1.82, 2.24) is 25.3 Å². The number of anilines is 3. The molecule has 0 saturated carbocycles. The first kappa shape index (κ1) is 22.8. The smallest absolute Gasteiger partial charge is 0.254 e. The van der Waals surface area contributed by atoms with Gasteiger partial charge in [-0.25, -0.2) is 19.3 Å². The number of ether oxygens (including phenoxy) is 1. The Balaban J connectivity index is 1.69. The highest BCUT2D eigenvalue weighted by molar-refractivity contribution is 5.98. The van der Waals surface area contributed by atoms with E-state index in [1.165, 1.54) is 13.3 Å². The van der Waals surface area contributed by atoms with Gasteiger partial charge in [-0.15, -0.1) is 0 Å². The number of nitrogens with two attached hydrogens (primary N) is 1. The molecule has 3 heterocycles. The van der Waals surface area contributed by atoms with Gasteiger partial charge in [-0.1, -0.05) is 6.07 Å². The summed E-state index contributed by atoms with van der Waals surface area (Å²) in [7, 11) is 3.07. The highest BCUT2D eigenvalue weighted by Crippen LogP contribution is 2.37. The van der Waals surface area contributed by atoms with E-state index in [4.69, 9.17) is 10.5 Å². The van der Waals surface area contributed by atoms with Gasteiger partial charge in [0.15, 0.2) is 17.4 Å². The predicted molar refractivity (Wildman–Crippen MR) is 122 cm³/mol. The number of hydrogen-bond donors (Lipinski definition) is 3. The van der Waals surface area contributed by atoms with Crippen LogP contribution in [0.5, 0.6) is 5.75 Å². The van der Waals surface area contributed by atoms with Gasteiger partial charge in [-0.05, 0) is 18.6 Å².